The molecule has 58 valence electrons. The highest BCUT2D eigenvalue weighted by atomic mass is 32.1. The van der Waals surface area contributed by atoms with E-state index in [9.17, 15) is 0 Å². The SMILES string of the molecule is C[C-]=[N+](C)c1ccccc1S. The number of nitrogens with zero attached hydrogens (tertiary/aromatic N) is 1. The van der Waals surface area contributed by atoms with Gasteiger partial charge in [-0.3, -0.25) is 0 Å². The van der Waals surface area contributed by atoms with E-state index in [0.717, 1.165) is 10.6 Å². The number of thiol groups is 1. The molecule has 0 N–H and O–H groups in total. The van der Waals surface area contributed by atoms with E-state index in [2.05, 4.69) is 18.8 Å². The molecule has 0 radical (unpaired) electrons. The molecule has 0 atom stereocenters. The second kappa shape index (κ2) is 3.58. The van der Waals surface area contributed by atoms with Crippen molar-refractivity contribution in [3.63, 3.8) is 0 Å². The van der Waals surface area contributed by atoms with Crippen molar-refractivity contribution in [2.75, 3.05) is 7.05 Å². The molecule has 2 heteroatoms. The Morgan fingerprint density at radius 1 is 1.36 bits per heavy atom. The normalized spacial score (nSPS) is 11.7. The van der Waals surface area contributed by atoms with Crippen molar-refractivity contribution in [2.45, 2.75) is 11.8 Å². The third-order valence-electron chi connectivity index (χ3n) is 1.58. The molecule has 0 aliphatic rings. The van der Waals surface area contributed by atoms with Gasteiger partial charge in [0.1, 0.15) is 7.05 Å². The number of hydrogen-bond donors (Lipinski definition) is 1. The van der Waals surface area contributed by atoms with Crippen LogP contribution in [-0.2, 0) is 0 Å². The van der Waals surface area contributed by atoms with Crippen molar-refractivity contribution in [1.29, 1.82) is 0 Å². The Hall–Kier alpha value is -0.760. The van der Waals surface area contributed by atoms with Gasteiger partial charge in [-0.15, -0.1) is 0 Å². The lowest BCUT2D eigenvalue weighted by atomic mass is 10.3. The van der Waals surface area contributed by atoms with Crippen molar-refractivity contribution in [3.05, 3.63) is 24.3 Å². The molecule has 0 fully saturated rings. The summed E-state index contributed by atoms with van der Waals surface area (Å²) in [6.45, 7) is 1.88. The van der Waals surface area contributed by atoms with Crippen molar-refractivity contribution >= 4 is 24.5 Å². The van der Waals surface area contributed by atoms with Gasteiger partial charge in [0.05, 0.1) is 5.69 Å². The second-order valence-electron chi connectivity index (χ2n) is 2.27. The summed E-state index contributed by atoms with van der Waals surface area (Å²) >= 11 is 4.31. The standard InChI is InChI=1S/C9H11NS/c1-3-10(2)8-6-4-5-7-9(8)11/h4-7,11H,1-2H3. The number of rotatable bonds is 1. The Bertz CT molecular complexity index is 279. The largest absolute Gasteiger partial charge is 0.366 e. The maximum absolute atomic E-state index is 4.31. The van der Waals surface area contributed by atoms with Crippen LogP contribution in [0.2, 0.25) is 0 Å². The van der Waals surface area contributed by atoms with Crippen LogP contribution in [0.25, 0.3) is 0 Å². The summed E-state index contributed by atoms with van der Waals surface area (Å²) in [6.07, 6.45) is 3.01. The minimum atomic E-state index is 0.976. The van der Waals surface area contributed by atoms with Crippen LogP contribution in [0, 0.1) is 0 Å². The molecule has 1 aromatic carbocycles. The summed E-state index contributed by atoms with van der Waals surface area (Å²) in [5.74, 6) is 0. The summed E-state index contributed by atoms with van der Waals surface area (Å²) in [7, 11) is 1.95. The molecule has 0 saturated heterocycles. The molecule has 1 aromatic rings. The monoisotopic (exact) mass is 165 g/mol. The van der Waals surface area contributed by atoms with E-state index in [0.29, 0.717) is 0 Å². The van der Waals surface area contributed by atoms with E-state index in [-0.39, 0.29) is 0 Å². The Morgan fingerprint density at radius 2 is 2.00 bits per heavy atom. The fraction of sp³-hybridized carbons (Fsp3) is 0.222. The van der Waals surface area contributed by atoms with Crippen molar-refractivity contribution in [1.82, 2.24) is 0 Å². The van der Waals surface area contributed by atoms with Crippen LogP contribution in [0.5, 0.6) is 0 Å². The molecule has 0 unspecified atom stereocenters. The van der Waals surface area contributed by atoms with Gasteiger partial charge in [-0.2, -0.15) is 12.6 Å². The first-order valence-corrected chi connectivity index (χ1v) is 3.89. The lowest BCUT2D eigenvalue weighted by molar-refractivity contribution is -0.402. The van der Waals surface area contributed by atoms with Gasteiger partial charge in [0.2, 0.25) is 0 Å². The zero-order valence-electron chi connectivity index (χ0n) is 6.70. The second-order valence-corrected chi connectivity index (χ2v) is 2.75. The molecule has 1 nitrogen and oxygen atoms in total. The van der Waals surface area contributed by atoms with E-state index >= 15 is 0 Å². The van der Waals surface area contributed by atoms with Crippen molar-refractivity contribution < 1.29 is 4.58 Å². The lowest BCUT2D eigenvalue weighted by Gasteiger charge is -2.07. The topological polar surface area (TPSA) is 3.01 Å². The van der Waals surface area contributed by atoms with Crippen LogP contribution < -0.4 is 0 Å². The molecular formula is C9H11NS. The van der Waals surface area contributed by atoms with Crippen LogP contribution >= 0.6 is 12.6 Å². The smallest absolute Gasteiger partial charge is 0.105 e. The zero-order valence-corrected chi connectivity index (χ0v) is 7.60. The number of benzene rings is 1. The number of hydrogen-bond acceptors (Lipinski definition) is 1. The molecule has 0 bridgehead atoms. The average molecular weight is 165 g/mol. The molecule has 0 saturated carbocycles. The van der Waals surface area contributed by atoms with Crippen LogP contribution in [0.3, 0.4) is 0 Å². The van der Waals surface area contributed by atoms with Gasteiger partial charge < -0.3 is 4.58 Å². The fourth-order valence-corrected chi connectivity index (χ4v) is 1.18. The Labute approximate surface area is 72.8 Å². The first kappa shape index (κ1) is 8.34. The van der Waals surface area contributed by atoms with Crippen LogP contribution in [0.15, 0.2) is 29.2 Å². The predicted molar refractivity (Wildman–Crippen MR) is 50.2 cm³/mol. The van der Waals surface area contributed by atoms with Crippen molar-refractivity contribution in [3.8, 4) is 0 Å². The van der Waals surface area contributed by atoms with Gasteiger partial charge >= 0.3 is 0 Å². The maximum atomic E-state index is 4.31. The first-order valence-electron chi connectivity index (χ1n) is 3.45. The highest BCUT2D eigenvalue weighted by Crippen LogP contribution is 2.19. The quantitative estimate of drug-likeness (QED) is 0.281. The summed E-state index contributed by atoms with van der Waals surface area (Å²) < 4.78 is 1.92. The molecule has 0 aliphatic heterocycles. The molecule has 0 aromatic heterocycles. The maximum Gasteiger partial charge on any atom is 0.105 e. The van der Waals surface area contributed by atoms with Crippen LogP contribution in [-0.4, -0.2) is 17.8 Å². The molecule has 0 amide bonds. The van der Waals surface area contributed by atoms with Crippen LogP contribution in [0.4, 0.5) is 5.69 Å². The van der Waals surface area contributed by atoms with Crippen molar-refractivity contribution in [2.24, 2.45) is 0 Å². The van der Waals surface area contributed by atoms with Crippen LogP contribution in [0.1, 0.15) is 6.92 Å². The van der Waals surface area contributed by atoms with Gasteiger partial charge in [0.25, 0.3) is 0 Å². The lowest BCUT2D eigenvalue weighted by Crippen LogP contribution is -1.97. The van der Waals surface area contributed by atoms with E-state index < -0.39 is 0 Å². The number of para-hydroxylation sites is 1. The Balaban J connectivity index is 3.14. The molecule has 1 rings (SSSR count). The highest BCUT2D eigenvalue weighted by Gasteiger charge is 1.93. The first-order chi connectivity index (χ1) is 5.25. The van der Waals surface area contributed by atoms with Gasteiger partial charge in [0, 0.05) is 6.21 Å². The molecular weight excluding hydrogens is 154 g/mol. The van der Waals surface area contributed by atoms with E-state index in [1.165, 1.54) is 0 Å². The summed E-state index contributed by atoms with van der Waals surface area (Å²) in [5, 5.41) is 0. The van der Waals surface area contributed by atoms with E-state index in [1.54, 1.807) is 0 Å². The average Bonchev–Trinajstić information content (AvgIpc) is 2.04. The molecule has 0 spiro atoms. The predicted octanol–water partition coefficient (Wildman–Crippen LogP) is 2.22. The van der Waals surface area contributed by atoms with Gasteiger partial charge in [0.15, 0.2) is 0 Å². The van der Waals surface area contributed by atoms with Gasteiger partial charge in [-0.25, -0.2) is 0 Å². The fourth-order valence-electron chi connectivity index (χ4n) is 0.868. The Morgan fingerprint density at radius 3 is 2.55 bits per heavy atom. The van der Waals surface area contributed by atoms with E-state index in [1.807, 2.05) is 42.8 Å². The minimum absolute atomic E-state index is 0.976. The third kappa shape index (κ3) is 1.84. The van der Waals surface area contributed by atoms with Gasteiger partial charge in [-0.05, 0) is 4.90 Å². The molecule has 11 heavy (non-hydrogen) atoms. The molecule has 0 heterocycles. The zero-order chi connectivity index (χ0) is 8.27. The summed E-state index contributed by atoms with van der Waals surface area (Å²) in [5.41, 5.74) is 1.08. The summed E-state index contributed by atoms with van der Waals surface area (Å²) in [4.78, 5) is 0.976. The van der Waals surface area contributed by atoms with E-state index in [4.69, 9.17) is 0 Å². The minimum Gasteiger partial charge on any atom is -0.366 e. The highest BCUT2D eigenvalue weighted by molar-refractivity contribution is 7.80. The third-order valence-corrected chi connectivity index (χ3v) is 1.96. The summed E-state index contributed by atoms with van der Waals surface area (Å²) in [6, 6.07) is 7.93. The van der Waals surface area contributed by atoms with Gasteiger partial charge in [-0.1, -0.05) is 31.2 Å². The Kier molecular flexibility index (Phi) is 2.71. The molecule has 0 aliphatic carbocycles.